The number of carbonyl (C=O) groups is 1. The molecule has 92 valence electrons. The molecule has 0 bridgehead atoms. The molecule has 1 aromatic rings. The molecular formula is C12H14BrFN2O. The second kappa shape index (κ2) is 4.74. The summed E-state index contributed by atoms with van der Waals surface area (Å²) >= 11 is 3.22. The summed E-state index contributed by atoms with van der Waals surface area (Å²) in [6.45, 7) is 1.32. The third-order valence-electron chi connectivity index (χ3n) is 3.06. The molecule has 1 saturated heterocycles. The topological polar surface area (TPSA) is 23.6 Å². The van der Waals surface area contributed by atoms with Gasteiger partial charge in [0.25, 0.3) is 5.91 Å². The summed E-state index contributed by atoms with van der Waals surface area (Å²) < 4.78 is 14.1. The van der Waals surface area contributed by atoms with Crippen molar-refractivity contribution in [3.05, 3.63) is 34.1 Å². The number of amides is 1. The zero-order valence-corrected chi connectivity index (χ0v) is 11.4. The third-order valence-corrected chi connectivity index (χ3v) is 3.72. The van der Waals surface area contributed by atoms with Crippen molar-refractivity contribution in [2.45, 2.75) is 6.04 Å². The van der Waals surface area contributed by atoms with Crippen LogP contribution in [0.1, 0.15) is 10.4 Å². The van der Waals surface area contributed by atoms with Gasteiger partial charge < -0.3 is 9.80 Å². The lowest BCUT2D eigenvalue weighted by Crippen LogP contribution is -2.59. The largest absolute Gasteiger partial charge is 0.335 e. The van der Waals surface area contributed by atoms with E-state index in [1.807, 2.05) is 14.1 Å². The van der Waals surface area contributed by atoms with Gasteiger partial charge in [-0.3, -0.25) is 4.79 Å². The fraction of sp³-hybridized carbons (Fsp3) is 0.417. The van der Waals surface area contributed by atoms with Crippen molar-refractivity contribution in [2.24, 2.45) is 0 Å². The van der Waals surface area contributed by atoms with Gasteiger partial charge in [-0.1, -0.05) is 6.07 Å². The Morgan fingerprint density at radius 1 is 1.47 bits per heavy atom. The van der Waals surface area contributed by atoms with E-state index in [1.54, 1.807) is 17.0 Å². The smallest absolute Gasteiger partial charge is 0.258 e. The van der Waals surface area contributed by atoms with Crippen molar-refractivity contribution < 1.29 is 9.18 Å². The quantitative estimate of drug-likeness (QED) is 0.834. The molecule has 3 nitrogen and oxygen atoms in total. The van der Waals surface area contributed by atoms with E-state index in [9.17, 15) is 9.18 Å². The van der Waals surface area contributed by atoms with Crippen LogP contribution in [0.4, 0.5) is 4.39 Å². The highest BCUT2D eigenvalue weighted by molar-refractivity contribution is 9.10. The van der Waals surface area contributed by atoms with Crippen molar-refractivity contribution in [1.82, 2.24) is 9.80 Å². The van der Waals surface area contributed by atoms with Crippen LogP contribution in [0.2, 0.25) is 0 Å². The van der Waals surface area contributed by atoms with Crippen LogP contribution < -0.4 is 0 Å². The number of carbonyl (C=O) groups excluding carboxylic acids is 1. The number of likely N-dealkylation sites (tertiary alicyclic amines) is 1. The molecule has 0 atom stereocenters. The Morgan fingerprint density at radius 2 is 2.12 bits per heavy atom. The van der Waals surface area contributed by atoms with Gasteiger partial charge in [0.1, 0.15) is 5.82 Å². The molecule has 0 saturated carbocycles. The van der Waals surface area contributed by atoms with Crippen LogP contribution in [0.5, 0.6) is 0 Å². The van der Waals surface area contributed by atoms with E-state index in [4.69, 9.17) is 0 Å². The van der Waals surface area contributed by atoms with Gasteiger partial charge in [-0.15, -0.1) is 0 Å². The van der Waals surface area contributed by atoms with E-state index in [0.717, 1.165) is 0 Å². The Bertz CT molecular complexity index is 424. The molecule has 1 amide bonds. The normalized spacial score (nSPS) is 16.2. The van der Waals surface area contributed by atoms with Gasteiger partial charge in [-0.05, 0) is 42.2 Å². The summed E-state index contributed by atoms with van der Waals surface area (Å²) in [6, 6.07) is 4.94. The van der Waals surface area contributed by atoms with Crippen LogP contribution in [0.3, 0.4) is 0 Å². The van der Waals surface area contributed by atoms with E-state index >= 15 is 0 Å². The van der Waals surface area contributed by atoms with Crippen molar-refractivity contribution in [3.8, 4) is 0 Å². The lowest BCUT2D eigenvalue weighted by molar-refractivity contribution is 0.0394. The Kier molecular flexibility index (Phi) is 3.49. The fourth-order valence-electron chi connectivity index (χ4n) is 1.81. The lowest BCUT2D eigenvalue weighted by Gasteiger charge is -2.42. The lowest BCUT2D eigenvalue weighted by atomic mass is 10.1. The van der Waals surface area contributed by atoms with E-state index in [2.05, 4.69) is 20.8 Å². The minimum absolute atomic E-state index is 0.129. The van der Waals surface area contributed by atoms with Gasteiger partial charge in [0.15, 0.2) is 0 Å². The standard InChI is InChI=1S/C12H14BrFN2O/c1-15(2)8-6-16(7-8)12(17)11-9(13)4-3-5-10(11)14/h3-5,8H,6-7H2,1-2H3. The highest BCUT2D eigenvalue weighted by Gasteiger charge is 2.34. The minimum Gasteiger partial charge on any atom is -0.335 e. The molecule has 5 heteroatoms. The summed E-state index contributed by atoms with van der Waals surface area (Å²) in [5.41, 5.74) is 0.129. The van der Waals surface area contributed by atoms with Gasteiger partial charge in [0.2, 0.25) is 0 Å². The summed E-state index contributed by atoms with van der Waals surface area (Å²) in [5, 5.41) is 0. The summed E-state index contributed by atoms with van der Waals surface area (Å²) in [7, 11) is 3.96. The number of likely N-dealkylation sites (N-methyl/N-ethyl adjacent to an activating group) is 1. The molecule has 1 fully saturated rings. The molecule has 2 rings (SSSR count). The van der Waals surface area contributed by atoms with Crippen LogP contribution in [-0.2, 0) is 0 Å². The van der Waals surface area contributed by atoms with E-state index in [0.29, 0.717) is 23.6 Å². The molecule has 17 heavy (non-hydrogen) atoms. The highest BCUT2D eigenvalue weighted by Crippen LogP contribution is 2.24. The Balaban J connectivity index is 2.12. The van der Waals surface area contributed by atoms with Crippen LogP contribution in [0.25, 0.3) is 0 Å². The zero-order chi connectivity index (χ0) is 12.6. The number of benzene rings is 1. The SMILES string of the molecule is CN(C)C1CN(C(=O)c2c(F)cccc2Br)C1. The molecule has 0 spiro atoms. The molecule has 0 radical (unpaired) electrons. The number of rotatable bonds is 2. The molecule has 0 N–H and O–H groups in total. The predicted octanol–water partition coefficient (Wildman–Crippen LogP) is 1.97. The van der Waals surface area contributed by atoms with Crippen LogP contribution >= 0.6 is 15.9 Å². The molecule has 1 aliphatic heterocycles. The third kappa shape index (κ3) is 2.35. The van der Waals surface area contributed by atoms with Crippen LogP contribution in [-0.4, -0.2) is 48.9 Å². The average molecular weight is 301 g/mol. The predicted molar refractivity (Wildman–Crippen MR) is 67.5 cm³/mol. The zero-order valence-electron chi connectivity index (χ0n) is 9.78. The number of hydrogen-bond acceptors (Lipinski definition) is 2. The first kappa shape index (κ1) is 12.5. The molecular weight excluding hydrogens is 287 g/mol. The molecule has 1 heterocycles. The fourth-order valence-corrected chi connectivity index (χ4v) is 2.32. The number of hydrogen-bond donors (Lipinski definition) is 0. The minimum atomic E-state index is -0.474. The maximum atomic E-state index is 13.6. The van der Waals surface area contributed by atoms with Crippen molar-refractivity contribution in [3.63, 3.8) is 0 Å². The first-order chi connectivity index (χ1) is 8.00. The van der Waals surface area contributed by atoms with Crippen molar-refractivity contribution in [2.75, 3.05) is 27.2 Å². The second-order valence-electron chi connectivity index (χ2n) is 4.42. The van der Waals surface area contributed by atoms with Gasteiger partial charge in [0, 0.05) is 23.6 Å². The first-order valence-electron chi connectivity index (χ1n) is 5.40. The molecule has 1 aromatic carbocycles. The van der Waals surface area contributed by atoms with Crippen LogP contribution in [0, 0.1) is 5.82 Å². The first-order valence-corrected chi connectivity index (χ1v) is 6.19. The van der Waals surface area contributed by atoms with E-state index in [1.165, 1.54) is 6.07 Å². The van der Waals surface area contributed by atoms with Gasteiger partial charge in [-0.2, -0.15) is 0 Å². The Morgan fingerprint density at radius 3 is 2.65 bits per heavy atom. The molecule has 1 aliphatic rings. The summed E-state index contributed by atoms with van der Waals surface area (Å²) in [5.74, 6) is -0.717. The summed E-state index contributed by atoms with van der Waals surface area (Å²) in [6.07, 6.45) is 0. The van der Waals surface area contributed by atoms with Crippen molar-refractivity contribution in [1.29, 1.82) is 0 Å². The van der Waals surface area contributed by atoms with Crippen LogP contribution in [0.15, 0.2) is 22.7 Å². The maximum Gasteiger partial charge on any atom is 0.258 e. The van der Waals surface area contributed by atoms with E-state index in [-0.39, 0.29) is 11.5 Å². The second-order valence-corrected chi connectivity index (χ2v) is 5.28. The molecule has 0 aromatic heterocycles. The maximum absolute atomic E-state index is 13.6. The van der Waals surface area contributed by atoms with E-state index < -0.39 is 5.82 Å². The van der Waals surface area contributed by atoms with Gasteiger partial charge >= 0.3 is 0 Å². The number of nitrogens with zero attached hydrogens (tertiary/aromatic N) is 2. The average Bonchev–Trinajstić information content (AvgIpc) is 2.13. The monoisotopic (exact) mass is 300 g/mol. The summed E-state index contributed by atoms with van der Waals surface area (Å²) in [4.78, 5) is 15.8. The molecule has 0 aliphatic carbocycles. The van der Waals surface area contributed by atoms with Crippen molar-refractivity contribution >= 4 is 21.8 Å². The Hall–Kier alpha value is -0.940. The number of halogens is 2. The molecule has 0 unspecified atom stereocenters. The van der Waals surface area contributed by atoms with Gasteiger partial charge in [-0.25, -0.2) is 4.39 Å². The van der Waals surface area contributed by atoms with Gasteiger partial charge in [0.05, 0.1) is 5.56 Å². The Labute approximate surface area is 108 Å². The highest BCUT2D eigenvalue weighted by atomic mass is 79.9.